The van der Waals surface area contributed by atoms with E-state index in [1.54, 1.807) is 0 Å². The van der Waals surface area contributed by atoms with Gasteiger partial charge in [0, 0.05) is 49.5 Å². The van der Waals surface area contributed by atoms with Crippen molar-refractivity contribution in [1.82, 2.24) is 4.90 Å². The molecule has 36 heavy (non-hydrogen) atoms. The van der Waals surface area contributed by atoms with Gasteiger partial charge in [0.05, 0.1) is 6.04 Å². The smallest absolute Gasteiger partial charge is 0.369 e. The van der Waals surface area contributed by atoms with Crippen molar-refractivity contribution in [2.24, 2.45) is 5.73 Å². The van der Waals surface area contributed by atoms with Crippen molar-refractivity contribution in [1.29, 1.82) is 0 Å². The maximum Gasteiger partial charge on any atom is 0.369 e. The quantitative estimate of drug-likeness (QED) is 0.147. The number of hydrogen-bond acceptors (Lipinski definition) is 6. The van der Waals surface area contributed by atoms with Gasteiger partial charge in [-0.2, -0.15) is 0 Å². The van der Waals surface area contributed by atoms with Crippen LogP contribution in [-0.4, -0.2) is 84.0 Å². The number of carbonyl (C=O) groups excluding carboxylic acids is 1. The predicted octanol–water partition coefficient (Wildman–Crippen LogP) is 2.00. The summed E-state index contributed by atoms with van der Waals surface area (Å²) in [5, 5.41) is 6.70. The highest BCUT2D eigenvalue weighted by atomic mass is 35.5. The molecule has 0 bridgehead atoms. The summed E-state index contributed by atoms with van der Waals surface area (Å²) in [6.07, 6.45) is 1.06. The van der Waals surface area contributed by atoms with Gasteiger partial charge in [-0.3, -0.25) is 13.9 Å². The number of hydrogen-bond donors (Lipinski definition) is 6. The Morgan fingerprint density at radius 3 is 2.14 bits per heavy atom. The molecule has 0 radical (unpaired) electrons. The number of aliphatic hydroxyl groups is 1. The third-order valence-electron chi connectivity index (χ3n) is 6.44. The molecule has 2 atom stereocenters. The minimum absolute atomic E-state index is 0.198. The molecule has 1 fully saturated rings. The maximum absolute atomic E-state index is 13.2. The zero-order valence-electron chi connectivity index (χ0n) is 19.8. The first kappa shape index (κ1) is 31.5. The Hall–Kier alpha value is -0.710. The summed E-state index contributed by atoms with van der Waals surface area (Å²) in [5.41, 5.74) is 8.00. The Bertz CT molecular complexity index is 931. The lowest BCUT2D eigenvalue weighted by Gasteiger charge is -2.39. The van der Waals surface area contributed by atoms with Gasteiger partial charge < -0.3 is 40.2 Å². The highest BCUT2D eigenvalue weighted by Crippen LogP contribution is 2.69. The van der Waals surface area contributed by atoms with Crippen molar-refractivity contribution in [3.05, 3.63) is 29.8 Å². The Morgan fingerprint density at radius 2 is 1.64 bits per heavy atom. The number of amides is 1. The highest BCUT2D eigenvalue weighted by Gasteiger charge is 2.59. The second kappa shape index (κ2) is 13.4. The molecule has 0 aliphatic carbocycles. The van der Waals surface area contributed by atoms with Gasteiger partial charge in [-0.15, -0.1) is 23.2 Å². The van der Waals surface area contributed by atoms with Crippen LogP contribution in [0.2, 0.25) is 0 Å². The number of rotatable bonds is 13. The normalized spacial score (nSPS) is 18.2. The molecule has 2 rings (SSSR count). The largest absolute Gasteiger partial charge is 0.369 e. The maximum atomic E-state index is 13.2. The standard InChI is InChI=1S/C21H35Cl2N3O8P2/c22-10-13-25(14-11-23)17-6-4-16(5-7-17)15-19(24)20(27)26-12-2-1-3-18(26)8-9-21(28,35(29,30)31)36(32,33)34/h4-7,18-19,28H,1-3,8-15,24H2,(H2,29,30,31)(H2,32,33,34)/t18?,19-/m0/s1. The average molecular weight is 590 g/mol. The summed E-state index contributed by atoms with van der Waals surface area (Å²) in [5.74, 6) is 0.536. The molecule has 1 aliphatic rings. The van der Waals surface area contributed by atoms with Gasteiger partial charge in [-0.05, 0) is 49.8 Å². The highest BCUT2D eigenvalue weighted by molar-refractivity contribution is 7.72. The van der Waals surface area contributed by atoms with Crippen LogP contribution < -0.4 is 10.6 Å². The van der Waals surface area contributed by atoms with E-state index in [4.69, 9.17) is 28.9 Å². The van der Waals surface area contributed by atoms with Crippen LogP contribution in [0.15, 0.2) is 24.3 Å². The van der Waals surface area contributed by atoms with Crippen molar-refractivity contribution < 1.29 is 38.6 Å². The predicted molar refractivity (Wildman–Crippen MR) is 139 cm³/mol. The number of halogens is 2. The van der Waals surface area contributed by atoms with Gasteiger partial charge >= 0.3 is 15.2 Å². The molecule has 1 aliphatic heterocycles. The minimum Gasteiger partial charge on any atom is -0.369 e. The van der Waals surface area contributed by atoms with Crippen molar-refractivity contribution >= 4 is 50.0 Å². The Balaban J connectivity index is 2.09. The third-order valence-corrected chi connectivity index (χ3v) is 10.7. The van der Waals surface area contributed by atoms with E-state index in [-0.39, 0.29) is 18.7 Å². The minimum atomic E-state index is -5.56. The number of alkyl halides is 2. The molecule has 1 aromatic rings. The van der Waals surface area contributed by atoms with E-state index in [2.05, 4.69) is 0 Å². The molecule has 0 aromatic heterocycles. The lowest BCUT2D eigenvalue weighted by Crippen LogP contribution is -2.51. The summed E-state index contributed by atoms with van der Waals surface area (Å²) >= 11 is 11.7. The number of benzene rings is 1. The molecular weight excluding hydrogens is 555 g/mol. The van der Waals surface area contributed by atoms with E-state index in [1.807, 2.05) is 29.2 Å². The molecule has 1 aromatic carbocycles. The Labute approximate surface area is 220 Å². The first-order chi connectivity index (χ1) is 16.7. The van der Waals surface area contributed by atoms with Crippen LogP contribution in [0, 0.1) is 0 Å². The van der Waals surface area contributed by atoms with E-state index in [1.165, 1.54) is 4.90 Å². The summed E-state index contributed by atoms with van der Waals surface area (Å²) < 4.78 is 23.3. The van der Waals surface area contributed by atoms with Crippen LogP contribution in [0.5, 0.6) is 0 Å². The summed E-state index contributed by atoms with van der Waals surface area (Å²) in [6, 6.07) is 6.09. The van der Waals surface area contributed by atoms with Gasteiger partial charge in [0.2, 0.25) is 5.91 Å². The van der Waals surface area contributed by atoms with Gasteiger partial charge in [-0.1, -0.05) is 12.1 Å². The number of likely N-dealkylation sites (tertiary alicyclic amines) is 1. The average Bonchev–Trinajstić information content (AvgIpc) is 2.81. The summed E-state index contributed by atoms with van der Waals surface area (Å²) in [7, 11) is -11.1. The van der Waals surface area contributed by atoms with Crippen LogP contribution in [0.3, 0.4) is 0 Å². The molecule has 0 spiro atoms. The second-order valence-corrected chi connectivity index (χ2v) is 13.7. The lowest BCUT2D eigenvalue weighted by atomic mass is 9.96. The molecular formula is C21H35Cl2N3O8P2. The van der Waals surface area contributed by atoms with Gasteiger partial charge in [-0.25, -0.2) is 0 Å². The van der Waals surface area contributed by atoms with Crippen molar-refractivity contribution in [3.8, 4) is 0 Å². The van der Waals surface area contributed by atoms with E-state index >= 15 is 0 Å². The van der Waals surface area contributed by atoms with Crippen LogP contribution >= 0.6 is 38.4 Å². The van der Waals surface area contributed by atoms with E-state index in [9.17, 15) is 38.6 Å². The molecule has 1 amide bonds. The number of piperidine rings is 1. The second-order valence-electron chi connectivity index (χ2n) is 8.92. The molecule has 1 saturated heterocycles. The zero-order chi connectivity index (χ0) is 27.1. The molecule has 7 N–H and O–H groups in total. The number of carbonyl (C=O) groups is 1. The fourth-order valence-corrected chi connectivity index (χ4v) is 6.99. The van der Waals surface area contributed by atoms with Gasteiger partial charge in [0.15, 0.2) is 0 Å². The zero-order valence-corrected chi connectivity index (χ0v) is 23.1. The molecule has 1 heterocycles. The van der Waals surface area contributed by atoms with Crippen molar-refractivity contribution in [2.45, 2.75) is 55.7 Å². The van der Waals surface area contributed by atoms with Gasteiger partial charge in [0.25, 0.3) is 5.08 Å². The lowest BCUT2D eigenvalue weighted by molar-refractivity contribution is -0.136. The molecule has 0 saturated carbocycles. The first-order valence-electron chi connectivity index (χ1n) is 11.6. The van der Waals surface area contributed by atoms with Crippen LogP contribution in [-0.2, 0) is 20.3 Å². The van der Waals surface area contributed by atoms with E-state index in [0.29, 0.717) is 44.2 Å². The third kappa shape index (κ3) is 7.90. The van der Waals surface area contributed by atoms with Crippen molar-refractivity contribution in [2.75, 3.05) is 36.3 Å². The molecule has 1 unspecified atom stereocenters. The Morgan fingerprint density at radius 1 is 1.08 bits per heavy atom. The summed E-state index contributed by atoms with van der Waals surface area (Å²) in [4.78, 5) is 54.3. The molecule has 15 heteroatoms. The Kier molecular flexibility index (Phi) is 11.7. The van der Waals surface area contributed by atoms with E-state index < -0.39 is 38.8 Å². The topological polar surface area (TPSA) is 185 Å². The van der Waals surface area contributed by atoms with Crippen LogP contribution in [0.4, 0.5) is 5.69 Å². The van der Waals surface area contributed by atoms with E-state index in [0.717, 1.165) is 17.7 Å². The summed E-state index contributed by atoms with van der Waals surface area (Å²) in [6.45, 7) is 1.63. The number of nitrogens with zero attached hydrogens (tertiary/aromatic N) is 2. The monoisotopic (exact) mass is 589 g/mol. The molecule has 11 nitrogen and oxygen atoms in total. The van der Waals surface area contributed by atoms with Crippen molar-refractivity contribution in [3.63, 3.8) is 0 Å². The number of anilines is 1. The van der Waals surface area contributed by atoms with Crippen LogP contribution in [0.1, 0.15) is 37.7 Å². The SMILES string of the molecule is N[C@@H](Cc1ccc(N(CCCl)CCCl)cc1)C(=O)N1CCCCC1CCC(O)(P(=O)(O)O)P(=O)(O)O. The molecule has 206 valence electrons. The first-order valence-corrected chi connectivity index (χ1v) is 15.9. The van der Waals surface area contributed by atoms with Crippen LogP contribution in [0.25, 0.3) is 0 Å². The van der Waals surface area contributed by atoms with Gasteiger partial charge in [0.1, 0.15) is 0 Å². The fraction of sp³-hybridized carbons (Fsp3) is 0.667. The number of nitrogens with two attached hydrogens (primary N) is 1. The fourth-order valence-electron chi connectivity index (χ4n) is 4.38.